The van der Waals surface area contributed by atoms with Gasteiger partial charge in [0, 0.05) is 6.61 Å². The van der Waals surface area contributed by atoms with E-state index in [4.69, 9.17) is 5.11 Å². The van der Waals surface area contributed by atoms with Crippen LogP contribution >= 0.6 is 0 Å². The Kier molecular flexibility index (Phi) is 4.90. The van der Waals surface area contributed by atoms with E-state index in [9.17, 15) is 5.11 Å². The number of hydrogen-bond acceptors (Lipinski definition) is 2. The summed E-state index contributed by atoms with van der Waals surface area (Å²) in [6, 6.07) is 0. The molecule has 0 spiro atoms. The first kappa shape index (κ1) is 12.0. The standard InChI is InChI=1S/C9H15O.C3H7O/c10-9(6-7-9)8-4-2-1-3-5-8;1-2-3-4/h6,8,10H,1-5,7H2;4H,1-3H2. The first-order chi connectivity index (χ1) is 6.73. The van der Waals surface area contributed by atoms with Gasteiger partial charge in [0.15, 0.2) is 0 Å². The number of aliphatic hydroxyl groups excluding tert-OH is 1. The summed E-state index contributed by atoms with van der Waals surface area (Å²) >= 11 is 0. The molecule has 2 N–H and O–H groups in total. The number of aliphatic hydroxyl groups is 2. The van der Waals surface area contributed by atoms with E-state index in [1.165, 1.54) is 32.1 Å². The number of rotatable bonds is 2. The van der Waals surface area contributed by atoms with Crippen LogP contribution < -0.4 is 0 Å². The molecule has 2 saturated carbocycles. The Labute approximate surface area is 87.3 Å². The van der Waals surface area contributed by atoms with E-state index in [-0.39, 0.29) is 12.2 Å². The van der Waals surface area contributed by atoms with Crippen molar-refractivity contribution in [2.24, 2.45) is 5.92 Å². The molecule has 2 nitrogen and oxygen atoms in total. The Morgan fingerprint density at radius 3 is 2.14 bits per heavy atom. The third-order valence-electron chi connectivity index (χ3n) is 3.09. The maximum absolute atomic E-state index is 9.70. The molecule has 0 amide bonds. The van der Waals surface area contributed by atoms with Crippen molar-refractivity contribution in [3.8, 4) is 0 Å². The Bertz CT molecular complexity index is 144. The normalized spacial score (nSPS) is 25.1. The monoisotopic (exact) mass is 198 g/mol. The minimum Gasteiger partial charge on any atom is -0.396 e. The van der Waals surface area contributed by atoms with E-state index >= 15 is 0 Å². The van der Waals surface area contributed by atoms with E-state index in [2.05, 4.69) is 13.3 Å². The molecule has 82 valence electrons. The fraction of sp³-hybridized carbons (Fsp3) is 0.833. The third kappa shape index (κ3) is 3.58. The lowest BCUT2D eigenvalue weighted by atomic mass is 9.84. The molecule has 0 aromatic carbocycles. The average Bonchev–Trinajstić information content (AvgIpc) is 3.00. The summed E-state index contributed by atoms with van der Waals surface area (Å²) in [6.07, 6.45) is 10.2. The number of hydrogen-bond donors (Lipinski definition) is 2. The lowest BCUT2D eigenvalue weighted by Gasteiger charge is -2.25. The molecule has 0 aromatic rings. The van der Waals surface area contributed by atoms with Gasteiger partial charge in [-0.2, -0.15) is 0 Å². The van der Waals surface area contributed by atoms with Gasteiger partial charge in [-0.05, 0) is 38.0 Å². The van der Waals surface area contributed by atoms with Gasteiger partial charge in [0.25, 0.3) is 0 Å². The molecule has 0 aliphatic heterocycles. The van der Waals surface area contributed by atoms with Crippen LogP contribution in [0.5, 0.6) is 0 Å². The Balaban J connectivity index is 0.000000213. The van der Waals surface area contributed by atoms with Crippen LogP contribution in [0.15, 0.2) is 0 Å². The fourth-order valence-electron chi connectivity index (χ4n) is 2.04. The summed E-state index contributed by atoms with van der Waals surface area (Å²) in [7, 11) is 0. The smallest absolute Gasteiger partial charge is 0.0712 e. The second-order valence-corrected chi connectivity index (χ2v) is 4.31. The highest BCUT2D eigenvalue weighted by Gasteiger charge is 2.47. The van der Waals surface area contributed by atoms with Crippen molar-refractivity contribution in [1.82, 2.24) is 0 Å². The van der Waals surface area contributed by atoms with Crippen LogP contribution in [0.2, 0.25) is 0 Å². The van der Waals surface area contributed by atoms with Crippen molar-refractivity contribution in [1.29, 1.82) is 0 Å². The molecular formula is C12H22O2. The van der Waals surface area contributed by atoms with Crippen LogP contribution in [0.1, 0.15) is 44.9 Å². The highest BCUT2D eigenvalue weighted by atomic mass is 16.3. The average molecular weight is 198 g/mol. The summed E-state index contributed by atoms with van der Waals surface area (Å²) in [5.74, 6) is 0.612. The topological polar surface area (TPSA) is 40.5 Å². The quantitative estimate of drug-likeness (QED) is 0.713. The van der Waals surface area contributed by atoms with E-state index < -0.39 is 0 Å². The second kappa shape index (κ2) is 5.72. The summed E-state index contributed by atoms with van der Waals surface area (Å²) in [6.45, 7) is 3.56. The molecule has 2 aliphatic carbocycles. The van der Waals surface area contributed by atoms with Gasteiger partial charge < -0.3 is 10.2 Å². The maximum Gasteiger partial charge on any atom is 0.0712 e. The molecule has 1 atom stereocenters. The molecule has 2 rings (SSSR count). The molecule has 0 bridgehead atoms. The second-order valence-electron chi connectivity index (χ2n) is 4.31. The van der Waals surface area contributed by atoms with Gasteiger partial charge in [-0.15, -0.1) is 0 Å². The van der Waals surface area contributed by atoms with Gasteiger partial charge in [-0.3, -0.25) is 0 Å². The van der Waals surface area contributed by atoms with E-state index in [0.717, 1.165) is 6.42 Å². The van der Waals surface area contributed by atoms with Crippen LogP contribution in [0.4, 0.5) is 0 Å². The van der Waals surface area contributed by atoms with Crippen LogP contribution in [0, 0.1) is 19.3 Å². The Morgan fingerprint density at radius 1 is 1.29 bits per heavy atom. The largest absolute Gasteiger partial charge is 0.396 e. The minimum atomic E-state index is -0.305. The van der Waals surface area contributed by atoms with Gasteiger partial charge in [-0.25, -0.2) is 0 Å². The molecular weight excluding hydrogens is 176 g/mol. The molecule has 2 heteroatoms. The lowest BCUT2D eigenvalue weighted by molar-refractivity contribution is 0.0720. The summed E-state index contributed by atoms with van der Waals surface area (Å²) in [5, 5.41) is 17.5. The van der Waals surface area contributed by atoms with Gasteiger partial charge in [0.1, 0.15) is 0 Å². The van der Waals surface area contributed by atoms with Crippen molar-refractivity contribution in [3.05, 3.63) is 13.3 Å². The van der Waals surface area contributed by atoms with Gasteiger partial charge in [-0.1, -0.05) is 26.2 Å². The van der Waals surface area contributed by atoms with Crippen molar-refractivity contribution in [3.63, 3.8) is 0 Å². The molecule has 2 aliphatic rings. The predicted molar refractivity (Wildman–Crippen MR) is 57.5 cm³/mol. The Hall–Kier alpha value is -0.0800. The highest BCUT2D eigenvalue weighted by Crippen LogP contribution is 2.46. The van der Waals surface area contributed by atoms with Gasteiger partial charge in [0.05, 0.1) is 5.60 Å². The van der Waals surface area contributed by atoms with E-state index in [0.29, 0.717) is 12.3 Å². The zero-order valence-electron chi connectivity index (χ0n) is 8.91. The van der Waals surface area contributed by atoms with E-state index in [1.807, 2.05) is 0 Å². The van der Waals surface area contributed by atoms with Crippen LogP contribution in [0.25, 0.3) is 0 Å². The lowest BCUT2D eigenvalue weighted by Crippen LogP contribution is -2.24. The van der Waals surface area contributed by atoms with Crippen LogP contribution in [-0.2, 0) is 0 Å². The summed E-state index contributed by atoms with van der Waals surface area (Å²) in [5.41, 5.74) is -0.305. The van der Waals surface area contributed by atoms with Crippen molar-refractivity contribution < 1.29 is 10.2 Å². The summed E-state index contributed by atoms with van der Waals surface area (Å²) < 4.78 is 0. The molecule has 0 saturated heterocycles. The maximum atomic E-state index is 9.70. The highest BCUT2D eigenvalue weighted by molar-refractivity contribution is 5.15. The van der Waals surface area contributed by atoms with Crippen molar-refractivity contribution in [2.45, 2.75) is 50.5 Å². The van der Waals surface area contributed by atoms with Crippen molar-refractivity contribution >= 4 is 0 Å². The van der Waals surface area contributed by atoms with E-state index in [1.54, 1.807) is 0 Å². The molecule has 0 aromatic heterocycles. The van der Waals surface area contributed by atoms with Gasteiger partial charge >= 0.3 is 0 Å². The van der Waals surface area contributed by atoms with Crippen LogP contribution in [-0.4, -0.2) is 22.4 Å². The molecule has 1 unspecified atom stereocenters. The van der Waals surface area contributed by atoms with Gasteiger partial charge in [0.2, 0.25) is 0 Å². The minimum absolute atomic E-state index is 0.208. The molecule has 2 fully saturated rings. The zero-order valence-corrected chi connectivity index (χ0v) is 8.91. The molecule has 2 radical (unpaired) electrons. The predicted octanol–water partition coefficient (Wildman–Crippen LogP) is 2.11. The zero-order chi connectivity index (χ0) is 10.4. The summed E-state index contributed by atoms with van der Waals surface area (Å²) in [4.78, 5) is 0. The SMILES string of the molecule is OC1(C2CCCCC2)[CH]C1.[CH2]CCO. The first-order valence-electron chi connectivity index (χ1n) is 5.70. The first-order valence-corrected chi connectivity index (χ1v) is 5.70. The van der Waals surface area contributed by atoms with Crippen LogP contribution in [0.3, 0.4) is 0 Å². The molecule has 0 heterocycles. The van der Waals surface area contributed by atoms with Crippen molar-refractivity contribution in [2.75, 3.05) is 6.61 Å². The Morgan fingerprint density at radius 2 is 1.79 bits per heavy atom. The molecule has 14 heavy (non-hydrogen) atoms. The fourth-order valence-corrected chi connectivity index (χ4v) is 2.04. The third-order valence-corrected chi connectivity index (χ3v) is 3.09.